The molecule has 2 heterocycles. The van der Waals surface area contributed by atoms with Crippen molar-refractivity contribution < 1.29 is 23.5 Å². The van der Waals surface area contributed by atoms with Crippen molar-refractivity contribution in [3.05, 3.63) is 35.7 Å². The second-order valence-corrected chi connectivity index (χ2v) is 5.75. The largest absolute Gasteiger partial charge is 0.469 e. The van der Waals surface area contributed by atoms with Crippen LogP contribution >= 0.6 is 11.3 Å². The van der Waals surface area contributed by atoms with Gasteiger partial charge in [0.05, 0.1) is 12.9 Å². The van der Waals surface area contributed by atoms with Crippen LogP contribution < -0.4 is 10.6 Å². The quantitative estimate of drug-likeness (QED) is 0.575. The van der Waals surface area contributed by atoms with Gasteiger partial charge in [-0.1, -0.05) is 0 Å². The molecule has 0 aromatic carbocycles. The van der Waals surface area contributed by atoms with Gasteiger partial charge in [0, 0.05) is 24.9 Å². The summed E-state index contributed by atoms with van der Waals surface area (Å²) in [6.45, 7) is 2.89. The van der Waals surface area contributed by atoms with Gasteiger partial charge < -0.3 is 14.5 Å². The van der Waals surface area contributed by atoms with E-state index < -0.39 is 23.3 Å². The lowest BCUT2D eigenvalue weighted by Crippen LogP contribution is -2.63. The molecule has 2 aromatic rings. The fourth-order valence-electron chi connectivity index (χ4n) is 2.12. The zero-order valence-corrected chi connectivity index (χ0v) is 14.0. The number of nitrogens with zero attached hydrogens (tertiary/aromatic N) is 1. The molecule has 0 bridgehead atoms. The molecule has 0 fully saturated rings. The molecule has 0 spiro atoms. The van der Waals surface area contributed by atoms with Crippen LogP contribution in [0.15, 0.2) is 34.4 Å². The lowest BCUT2D eigenvalue weighted by Gasteiger charge is -2.29. The topological polar surface area (TPSA) is 111 Å². The predicted octanol–water partition coefficient (Wildman–Crippen LogP) is 1.36. The number of rotatable bonds is 7. The molecule has 0 saturated carbocycles. The summed E-state index contributed by atoms with van der Waals surface area (Å²) < 4.78 is 10.3. The van der Waals surface area contributed by atoms with Crippen molar-refractivity contribution in [3.63, 3.8) is 0 Å². The number of aromatic nitrogens is 1. The molecule has 8 nitrogen and oxygen atoms in total. The average molecular weight is 351 g/mol. The van der Waals surface area contributed by atoms with Crippen LogP contribution in [0.5, 0.6) is 0 Å². The van der Waals surface area contributed by atoms with Gasteiger partial charge in [0.1, 0.15) is 5.76 Å². The van der Waals surface area contributed by atoms with Gasteiger partial charge in [0.25, 0.3) is 5.91 Å². The molecule has 2 aromatic heterocycles. The van der Waals surface area contributed by atoms with Gasteiger partial charge in [-0.05, 0) is 19.1 Å². The van der Waals surface area contributed by atoms with E-state index in [9.17, 15) is 14.4 Å². The molecule has 2 rings (SSSR count). The molecular weight excluding hydrogens is 334 g/mol. The molecule has 9 heteroatoms. The molecule has 24 heavy (non-hydrogen) atoms. The van der Waals surface area contributed by atoms with E-state index in [2.05, 4.69) is 15.6 Å². The Morgan fingerprint density at radius 1 is 1.42 bits per heavy atom. The molecule has 128 valence electrons. The molecule has 1 atom stereocenters. The van der Waals surface area contributed by atoms with E-state index in [4.69, 9.17) is 9.15 Å². The summed E-state index contributed by atoms with van der Waals surface area (Å²) in [5.41, 5.74) is -1.95. The van der Waals surface area contributed by atoms with Gasteiger partial charge in [-0.3, -0.25) is 14.9 Å². The summed E-state index contributed by atoms with van der Waals surface area (Å²) in [5.74, 6) is -1.82. The van der Waals surface area contributed by atoms with Crippen LogP contribution in [0.2, 0.25) is 0 Å². The number of furan rings is 1. The SMILES string of the molecule is CCOC(=O)C(Cc1ccco1)(NC(C)=O)C(=O)Nc1nccs1. The molecule has 2 N–H and O–H groups in total. The van der Waals surface area contributed by atoms with Gasteiger partial charge in [-0.2, -0.15) is 0 Å². The molecule has 0 aliphatic heterocycles. The number of hydrogen-bond donors (Lipinski definition) is 2. The zero-order valence-electron chi connectivity index (χ0n) is 13.2. The van der Waals surface area contributed by atoms with Gasteiger partial charge in [0.2, 0.25) is 11.4 Å². The number of amides is 2. The van der Waals surface area contributed by atoms with Crippen LogP contribution in [0.1, 0.15) is 19.6 Å². The van der Waals surface area contributed by atoms with E-state index in [-0.39, 0.29) is 13.0 Å². The van der Waals surface area contributed by atoms with E-state index in [1.165, 1.54) is 30.7 Å². The number of carbonyl (C=O) groups excluding carboxylic acids is 3. The predicted molar refractivity (Wildman–Crippen MR) is 86.3 cm³/mol. The fraction of sp³-hybridized carbons (Fsp3) is 0.333. The summed E-state index contributed by atoms with van der Waals surface area (Å²) in [7, 11) is 0. The lowest BCUT2D eigenvalue weighted by molar-refractivity contribution is -0.156. The third-order valence-corrected chi connectivity index (χ3v) is 3.76. The highest BCUT2D eigenvalue weighted by Crippen LogP contribution is 2.21. The molecule has 0 aliphatic rings. The summed E-state index contributed by atoms with van der Waals surface area (Å²) in [5, 5.41) is 6.93. The summed E-state index contributed by atoms with van der Waals surface area (Å²) in [6.07, 6.45) is 2.74. The van der Waals surface area contributed by atoms with E-state index in [0.29, 0.717) is 10.9 Å². The molecule has 0 radical (unpaired) electrons. The van der Waals surface area contributed by atoms with Crippen LogP contribution in [-0.2, 0) is 25.5 Å². The Labute approximate surface area is 142 Å². The van der Waals surface area contributed by atoms with E-state index in [1.54, 1.807) is 24.4 Å². The molecule has 2 amide bonds. The summed E-state index contributed by atoms with van der Waals surface area (Å²) in [4.78, 5) is 41.0. The summed E-state index contributed by atoms with van der Waals surface area (Å²) in [6, 6.07) is 3.23. The number of carbonyl (C=O) groups is 3. The molecule has 0 saturated heterocycles. The monoisotopic (exact) mass is 351 g/mol. The first-order valence-electron chi connectivity index (χ1n) is 7.17. The Morgan fingerprint density at radius 2 is 2.21 bits per heavy atom. The Morgan fingerprint density at radius 3 is 2.75 bits per heavy atom. The number of esters is 1. The Balaban J connectivity index is 2.39. The molecule has 1 unspecified atom stereocenters. The third-order valence-electron chi connectivity index (χ3n) is 3.07. The van der Waals surface area contributed by atoms with E-state index in [1.807, 2.05) is 0 Å². The zero-order chi connectivity index (χ0) is 17.6. The van der Waals surface area contributed by atoms with Crippen molar-refractivity contribution in [3.8, 4) is 0 Å². The van der Waals surface area contributed by atoms with Gasteiger partial charge in [-0.25, -0.2) is 9.78 Å². The van der Waals surface area contributed by atoms with E-state index in [0.717, 1.165) is 0 Å². The van der Waals surface area contributed by atoms with Crippen LogP contribution in [0.3, 0.4) is 0 Å². The van der Waals surface area contributed by atoms with Crippen molar-refractivity contribution >= 4 is 34.3 Å². The van der Waals surface area contributed by atoms with Gasteiger partial charge in [-0.15, -0.1) is 11.3 Å². The highest BCUT2D eigenvalue weighted by molar-refractivity contribution is 7.13. The third kappa shape index (κ3) is 3.99. The van der Waals surface area contributed by atoms with Crippen LogP contribution in [0.4, 0.5) is 5.13 Å². The van der Waals surface area contributed by atoms with Gasteiger partial charge in [0.15, 0.2) is 5.13 Å². The highest BCUT2D eigenvalue weighted by atomic mass is 32.1. The van der Waals surface area contributed by atoms with Crippen molar-refractivity contribution in [2.75, 3.05) is 11.9 Å². The highest BCUT2D eigenvalue weighted by Gasteiger charge is 2.49. The van der Waals surface area contributed by atoms with Crippen LogP contribution in [0.25, 0.3) is 0 Å². The molecule has 0 aliphatic carbocycles. The Hall–Kier alpha value is -2.68. The van der Waals surface area contributed by atoms with Gasteiger partial charge >= 0.3 is 5.97 Å². The first kappa shape index (κ1) is 17.7. The average Bonchev–Trinajstić information content (AvgIpc) is 3.19. The molecular formula is C15H17N3O5S. The smallest absolute Gasteiger partial charge is 0.342 e. The lowest BCUT2D eigenvalue weighted by atomic mass is 9.92. The summed E-state index contributed by atoms with van der Waals surface area (Å²) >= 11 is 1.19. The minimum absolute atomic E-state index is 0.0584. The van der Waals surface area contributed by atoms with E-state index >= 15 is 0 Å². The number of anilines is 1. The maximum atomic E-state index is 12.8. The normalized spacial score (nSPS) is 12.9. The maximum absolute atomic E-state index is 12.8. The Bertz CT molecular complexity index is 699. The maximum Gasteiger partial charge on any atom is 0.342 e. The fourth-order valence-corrected chi connectivity index (χ4v) is 2.64. The number of hydrogen-bond acceptors (Lipinski definition) is 7. The van der Waals surface area contributed by atoms with Crippen molar-refractivity contribution in [2.45, 2.75) is 25.8 Å². The first-order chi connectivity index (χ1) is 11.5. The van der Waals surface area contributed by atoms with Crippen LogP contribution in [-0.4, -0.2) is 34.9 Å². The minimum Gasteiger partial charge on any atom is -0.469 e. The number of thiazole rings is 1. The van der Waals surface area contributed by atoms with Crippen LogP contribution in [0, 0.1) is 0 Å². The second kappa shape index (κ2) is 7.73. The van der Waals surface area contributed by atoms with Crippen molar-refractivity contribution in [1.82, 2.24) is 10.3 Å². The number of ether oxygens (including phenoxy) is 1. The number of nitrogens with one attached hydrogen (secondary N) is 2. The Kier molecular flexibility index (Phi) is 5.69. The first-order valence-corrected chi connectivity index (χ1v) is 8.05. The van der Waals surface area contributed by atoms with Crippen molar-refractivity contribution in [1.29, 1.82) is 0 Å². The van der Waals surface area contributed by atoms with Crippen molar-refractivity contribution in [2.24, 2.45) is 0 Å². The standard InChI is InChI=1S/C15H17N3O5S/c1-3-22-13(21)15(18-10(2)19,9-11-5-4-7-23-11)12(20)17-14-16-6-8-24-14/h4-8H,3,9H2,1-2H3,(H,18,19)(H,16,17,20). The minimum atomic E-state index is -1.95. The second-order valence-electron chi connectivity index (χ2n) is 4.85.